The summed E-state index contributed by atoms with van der Waals surface area (Å²) < 4.78 is 63.1. The SMILES string of the molecule is CC1=NN(c2ccc(S(=O)(=O)O)cc2)C(=O)/C1=C/C=C/C=C/[C@H]1C(=O)N(c2ccc(S(=O)(=O)O)cc2)N=C1C. The molecule has 0 fully saturated rings. The van der Waals surface area contributed by atoms with Gasteiger partial charge in [0.25, 0.3) is 32.1 Å². The molecule has 14 heteroatoms. The molecule has 2 aromatic rings. The van der Waals surface area contributed by atoms with Gasteiger partial charge in [0, 0.05) is 0 Å². The van der Waals surface area contributed by atoms with E-state index >= 15 is 0 Å². The fourth-order valence-electron chi connectivity index (χ4n) is 3.78. The van der Waals surface area contributed by atoms with Crippen LogP contribution in [0.25, 0.3) is 0 Å². The third-order valence-electron chi connectivity index (χ3n) is 5.79. The summed E-state index contributed by atoms with van der Waals surface area (Å²) in [6.45, 7) is 3.33. The van der Waals surface area contributed by atoms with Crippen molar-refractivity contribution in [2.24, 2.45) is 16.1 Å². The summed E-state index contributed by atoms with van der Waals surface area (Å²) in [4.78, 5) is 25.1. The molecule has 0 radical (unpaired) electrons. The predicted molar refractivity (Wildman–Crippen MR) is 144 cm³/mol. The molecule has 2 aliphatic rings. The molecule has 2 aromatic carbocycles. The maximum Gasteiger partial charge on any atom is 0.294 e. The van der Waals surface area contributed by atoms with E-state index in [0.717, 1.165) is 10.0 Å². The zero-order valence-electron chi connectivity index (χ0n) is 20.5. The van der Waals surface area contributed by atoms with Crippen molar-refractivity contribution < 1.29 is 35.5 Å². The van der Waals surface area contributed by atoms with Gasteiger partial charge in [-0.15, -0.1) is 0 Å². The van der Waals surface area contributed by atoms with Crippen LogP contribution < -0.4 is 10.0 Å². The number of hydrogen-bond donors (Lipinski definition) is 2. The van der Waals surface area contributed by atoms with Crippen molar-refractivity contribution in [2.75, 3.05) is 10.0 Å². The number of hydrazone groups is 2. The summed E-state index contributed by atoms with van der Waals surface area (Å²) in [5, 5.41) is 10.7. The van der Waals surface area contributed by atoms with Crippen LogP contribution in [0.3, 0.4) is 0 Å². The molecule has 2 heterocycles. The van der Waals surface area contributed by atoms with Crippen molar-refractivity contribution in [2.45, 2.75) is 23.6 Å². The van der Waals surface area contributed by atoms with Crippen LogP contribution in [0.1, 0.15) is 13.8 Å². The summed E-state index contributed by atoms with van der Waals surface area (Å²) in [5.74, 6) is -1.42. The van der Waals surface area contributed by atoms with Crippen molar-refractivity contribution in [3.63, 3.8) is 0 Å². The second kappa shape index (κ2) is 10.5. The van der Waals surface area contributed by atoms with E-state index in [9.17, 15) is 26.4 Å². The Morgan fingerprint density at radius 1 is 0.744 bits per heavy atom. The highest BCUT2D eigenvalue weighted by molar-refractivity contribution is 7.86. The molecule has 2 amide bonds. The topological polar surface area (TPSA) is 174 Å². The van der Waals surface area contributed by atoms with Crippen LogP contribution in [-0.2, 0) is 29.8 Å². The first-order valence-electron chi connectivity index (χ1n) is 11.3. The van der Waals surface area contributed by atoms with E-state index in [1.165, 1.54) is 48.5 Å². The second-order valence-corrected chi connectivity index (χ2v) is 11.3. The van der Waals surface area contributed by atoms with E-state index in [-0.39, 0.29) is 15.7 Å². The number of benzene rings is 2. The molecule has 1 atom stereocenters. The maximum absolute atomic E-state index is 12.8. The molecule has 0 saturated heterocycles. The normalized spacial score (nSPS) is 19.6. The van der Waals surface area contributed by atoms with Gasteiger partial charge in [-0.2, -0.15) is 37.1 Å². The number of carbonyl (C=O) groups excluding carboxylic acids is 2. The lowest BCUT2D eigenvalue weighted by molar-refractivity contribution is -0.118. The Balaban J connectivity index is 1.41. The van der Waals surface area contributed by atoms with Gasteiger partial charge in [0.05, 0.1) is 44.1 Å². The number of anilines is 2. The first kappa shape index (κ1) is 27.8. The minimum absolute atomic E-state index is 0.298. The summed E-state index contributed by atoms with van der Waals surface area (Å²) >= 11 is 0. The Morgan fingerprint density at radius 2 is 1.26 bits per heavy atom. The van der Waals surface area contributed by atoms with Gasteiger partial charge in [-0.1, -0.05) is 24.3 Å². The van der Waals surface area contributed by atoms with Crippen molar-refractivity contribution in [3.8, 4) is 0 Å². The van der Waals surface area contributed by atoms with Gasteiger partial charge in [-0.25, -0.2) is 0 Å². The third-order valence-corrected chi connectivity index (χ3v) is 7.53. The van der Waals surface area contributed by atoms with Gasteiger partial charge in [0.15, 0.2) is 0 Å². The highest BCUT2D eigenvalue weighted by Gasteiger charge is 2.32. The van der Waals surface area contributed by atoms with E-state index in [1.54, 1.807) is 44.2 Å². The second-order valence-electron chi connectivity index (χ2n) is 8.46. The van der Waals surface area contributed by atoms with Crippen LogP contribution in [0.5, 0.6) is 0 Å². The monoisotopic (exact) mass is 570 g/mol. The maximum atomic E-state index is 12.8. The number of hydrogen-bond acceptors (Lipinski definition) is 8. The average Bonchev–Trinajstić information content (AvgIpc) is 3.32. The molecule has 0 aliphatic carbocycles. The quantitative estimate of drug-likeness (QED) is 0.290. The van der Waals surface area contributed by atoms with Crippen molar-refractivity contribution in [3.05, 3.63) is 84.5 Å². The molecule has 0 spiro atoms. The van der Waals surface area contributed by atoms with E-state index in [4.69, 9.17) is 9.11 Å². The molecule has 12 nitrogen and oxygen atoms in total. The standard InChI is InChI=1S/C25H22N4O8S2/c1-16-22(24(30)28(26-16)18-8-12-20(13-9-18)38(32,33)34)6-4-3-5-7-23-17(2)27-29(25(23)31)19-10-14-21(15-11-19)39(35,36)37/h3-15,22H,1-2H3,(H,32,33,34)(H,35,36,37)/b5-3+,6-4+,23-7+/t22-/m1/s1. The smallest absolute Gasteiger partial charge is 0.282 e. The summed E-state index contributed by atoms with van der Waals surface area (Å²) in [7, 11) is -8.71. The predicted octanol–water partition coefficient (Wildman–Crippen LogP) is 2.98. The zero-order chi connectivity index (χ0) is 28.5. The molecular formula is C25H22N4O8S2. The van der Waals surface area contributed by atoms with Crippen LogP contribution in [0.2, 0.25) is 0 Å². The first-order valence-corrected chi connectivity index (χ1v) is 14.1. The van der Waals surface area contributed by atoms with Crippen LogP contribution in [0.15, 0.2) is 104 Å². The highest BCUT2D eigenvalue weighted by Crippen LogP contribution is 2.27. The van der Waals surface area contributed by atoms with Gasteiger partial charge in [0.1, 0.15) is 0 Å². The lowest BCUT2D eigenvalue weighted by Gasteiger charge is -2.13. The van der Waals surface area contributed by atoms with Crippen LogP contribution in [-0.4, -0.2) is 49.2 Å². The zero-order valence-corrected chi connectivity index (χ0v) is 22.2. The molecule has 39 heavy (non-hydrogen) atoms. The largest absolute Gasteiger partial charge is 0.294 e. The highest BCUT2D eigenvalue weighted by atomic mass is 32.2. The number of amides is 2. The molecular weight excluding hydrogens is 548 g/mol. The van der Waals surface area contributed by atoms with E-state index < -0.39 is 32.1 Å². The van der Waals surface area contributed by atoms with Crippen LogP contribution >= 0.6 is 0 Å². The summed E-state index contributed by atoms with van der Waals surface area (Å²) in [6.07, 6.45) is 8.04. The average molecular weight is 571 g/mol. The van der Waals surface area contributed by atoms with E-state index in [2.05, 4.69) is 10.2 Å². The van der Waals surface area contributed by atoms with Crippen LogP contribution in [0.4, 0.5) is 11.4 Å². The number of carbonyl (C=O) groups is 2. The Hall–Kier alpha value is -4.24. The van der Waals surface area contributed by atoms with Gasteiger partial charge in [-0.05, 0) is 68.5 Å². The van der Waals surface area contributed by atoms with Gasteiger partial charge in [-0.3, -0.25) is 18.7 Å². The van der Waals surface area contributed by atoms with Crippen molar-refractivity contribution >= 4 is 54.8 Å². The Bertz CT molecular complexity index is 1700. The lowest BCUT2D eigenvalue weighted by atomic mass is 10.0. The Labute approximate surface area is 224 Å². The number of allylic oxidation sites excluding steroid dienone is 4. The van der Waals surface area contributed by atoms with E-state index in [0.29, 0.717) is 28.4 Å². The van der Waals surface area contributed by atoms with Crippen molar-refractivity contribution in [1.82, 2.24) is 0 Å². The molecule has 2 N–H and O–H groups in total. The van der Waals surface area contributed by atoms with Gasteiger partial charge < -0.3 is 0 Å². The molecule has 0 aromatic heterocycles. The lowest BCUT2D eigenvalue weighted by Crippen LogP contribution is -2.25. The van der Waals surface area contributed by atoms with E-state index in [1.807, 2.05) is 0 Å². The summed E-state index contributed by atoms with van der Waals surface area (Å²) in [5.41, 5.74) is 1.94. The summed E-state index contributed by atoms with van der Waals surface area (Å²) in [6, 6.07) is 10.1. The molecule has 0 unspecified atom stereocenters. The molecule has 202 valence electrons. The molecule has 0 saturated carbocycles. The third kappa shape index (κ3) is 5.93. The fraction of sp³-hybridized carbons (Fsp3) is 0.120. The number of nitrogens with zero attached hydrogens (tertiary/aromatic N) is 4. The minimum Gasteiger partial charge on any atom is -0.282 e. The molecule has 4 rings (SSSR count). The molecule has 0 bridgehead atoms. The molecule has 2 aliphatic heterocycles. The Morgan fingerprint density at radius 3 is 1.77 bits per heavy atom. The van der Waals surface area contributed by atoms with Crippen molar-refractivity contribution in [1.29, 1.82) is 0 Å². The number of rotatable bonds is 7. The van der Waals surface area contributed by atoms with Crippen LogP contribution in [0, 0.1) is 5.92 Å². The first-order chi connectivity index (χ1) is 18.3. The van der Waals surface area contributed by atoms with Gasteiger partial charge in [0.2, 0.25) is 0 Å². The minimum atomic E-state index is -4.36. The fourth-order valence-corrected chi connectivity index (χ4v) is 4.74. The van der Waals surface area contributed by atoms with Gasteiger partial charge >= 0.3 is 0 Å². The Kier molecular flexibility index (Phi) is 7.48.